The summed E-state index contributed by atoms with van der Waals surface area (Å²) in [6, 6.07) is 8.42. The van der Waals surface area contributed by atoms with Gasteiger partial charge in [-0.1, -0.05) is 17.7 Å². The van der Waals surface area contributed by atoms with E-state index in [2.05, 4.69) is 38.5 Å². The first-order valence-corrected chi connectivity index (χ1v) is 9.29. The molecule has 2 aliphatic heterocycles. The summed E-state index contributed by atoms with van der Waals surface area (Å²) in [6.45, 7) is 5.50. The number of hydrogen-bond donors (Lipinski definition) is 2. The predicted octanol–water partition coefficient (Wildman–Crippen LogP) is 2.03. The fraction of sp³-hybridized carbons (Fsp3) is 0.611. The lowest BCUT2D eigenvalue weighted by Crippen LogP contribution is -2.50. The number of nitrogens with zero attached hydrogens (tertiary/aromatic N) is 3. The molecule has 2 fully saturated rings. The van der Waals surface area contributed by atoms with E-state index in [0.29, 0.717) is 6.04 Å². The van der Waals surface area contributed by atoms with Gasteiger partial charge in [0.2, 0.25) is 0 Å². The SMILES string of the molecule is CN=C(NCC1CN(C)CCO1)NC1CCN(c2cccc(Cl)c2)C1.I. The monoisotopic (exact) mass is 493 g/mol. The highest BCUT2D eigenvalue weighted by molar-refractivity contribution is 14.0. The maximum atomic E-state index is 6.11. The van der Waals surface area contributed by atoms with Gasteiger partial charge >= 0.3 is 0 Å². The first kappa shape index (κ1) is 21.5. The van der Waals surface area contributed by atoms with Gasteiger partial charge in [-0.2, -0.15) is 0 Å². The van der Waals surface area contributed by atoms with Crippen LogP contribution in [0.4, 0.5) is 5.69 Å². The third-order valence-corrected chi connectivity index (χ3v) is 5.00. The van der Waals surface area contributed by atoms with Gasteiger partial charge in [0.15, 0.2) is 5.96 Å². The lowest BCUT2D eigenvalue weighted by atomic mass is 10.2. The van der Waals surface area contributed by atoms with E-state index >= 15 is 0 Å². The average molecular weight is 494 g/mol. The van der Waals surface area contributed by atoms with E-state index in [9.17, 15) is 0 Å². The van der Waals surface area contributed by atoms with Gasteiger partial charge in [-0.05, 0) is 31.7 Å². The van der Waals surface area contributed by atoms with Crippen molar-refractivity contribution in [2.45, 2.75) is 18.6 Å². The number of ether oxygens (including phenoxy) is 1. The molecular weight excluding hydrogens is 465 g/mol. The van der Waals surface area contributed by atoms with E-state index < -0.39 is 0 Å². The zero-order chi connectivity index (χ0) is 17.6. The largest absolute Gasteiger partial charge is 0.374 e. The van der Waals surface area contributed by atoms with Crippen molar-refractivity contribution in [1.82, 2.24) is 15.5 Å². The Labute approximate surface area is 178 Å². The molecule has 0 aromatic heterocycles. The van der Waals surface area contributed by atoms with Crippen LogP contribution in [0.15, 0.2) is 29.3 Å². The van der Waals surface area contributed by atoms with Gasteiger partial charge in [-0.3, -0.25) is 4.99 Å². The molecule has 0 amide bonds. The number of halogens is 2. The van der Waals surface area contributed by atoms with Gasteiger partial charge in [-0.15, -0.1) is 24.0 Å². The Morgan fingerprint density at radius 1 is 1.35 bits per heavy atom. The topological polar surface area (TPSA) is 52.1 Å². The van der Waals surface area contributed by atoms with Gasteiger partial charge in [0, 0.05) is 56.5 Å². The van der Waals surface area contributed by atoms with E-state index in [1.807, 2.05) is 25.2 Å². The number of likely N-dealkylation sites (N-methyl/N-ethyl adjacent to an activating group) is 1. The Morgan fingerprint density at radius 3 is 2.92 bits per heavy atom. The van der Waals surface area contributed by atoms with Crippen molar-refractivity contribution in [2.75, 3.05) is 58.3 Å². The van der Waals surface area contributed by atoms with Crippen LogP contribution in [0.5, 0.6) is 0 Å². The van der Waals surface area contributed by atoms with Gasteiger partial charge in [0.05, 0.1) is 12.7 Å². The summed E-state index contributed by atoms with van der Waals surface area (Å²) in [5.41, 5.74) is 1.18. The number of anilines is 1. The maximum absolute atomic E-state index is 6.11. The molecule has 3 rings (SSSR count). The summed E-state index contributed by atoms with van der Waals surface area (Å²) in [4.78, 5) is 9.01. The van der Waals surface area contributed by atoms with E-state index in [0.717, 1.165) is 56.7 Å². The highest BCUT2D eigenvalue weighted by Gasteiger charge is 2.24. The summed E-state index contributed by atoms with van der Waals surface area (Å²) < 4.78 is 5.79. The van der Waals surface area contributed by atoms with Crippen LogP contribution < -0.4 is 15.5 Å². The van der Waals surface area contributed by atoms with Crippen molar-refractivity contribution in [3.05, 3.63) is 29.3 Å². The molecule has 0 saturated carbocycles. The first-order chi connectivity index (χ1) is 12.1. The van der Waals surface area contributed by atoms with Crippen LogP contribution in [0.25, 0.3) is 0 Å². The summed E-state index contributed by atoms with van der Waals surface area (Å²) in [7, 11) is 3.94. The molecule has 0 spiro atoms. The highest BCUT2D eigenvalue weighted by Crippen LogP contribution is 2.23. The number of guanidine groups is 1. The Balaban J connectivity index is 0.00000243. The molecule has 146 valence electrons. The van der Waals surface area contributed by atoms with E-state index in [-0.39, 0.29) is 30.1 Å². The maximum Gasteiger partial charge on any atom is 0.191 e. The minimum absolute atomic E-state index is 0. The summed E-state index contributed by atoms with van der Waals surface area (Å²) in [5.74, 6) is 0.842. The molecule has 8 heteroatoms. The number of aliphatic imine (C=N–C) groups is 1. The smallest absolute Gasteiger partial charge is 0.191 e. The molecule has 2 heterocycles. The Kier molecular flexibility index (Phi) is 8.72. The van der Waals surface area contributed by atoms with Gasteiger partial charge in [-0.25, -0.2) is 0 Å². The predicted molar refractivity (Wildman–Crippen MR) is 119 cm³/mol. The Morgan fingerprint density at radius 2 is 2.19 bits per heavy atom. The lowest BCUT2D eigenvalue weighted by molar-refractivity contribution is -0.0161. The third kappa shape index (κ3) is 6.14. The molecule has 26 heavy (non-hydrogen) atoms. The Hall–Kier alpha value is -0.770. The third-order valence-electron chi connectivity index (χ3n) is 4.77. The second-order valence-corrected chi connectivity index (χ2v) is 7.20. The van der Waals surface area contributed by atoms with Gasteiger partial charge in [0.25, 0.3) is 0 Å². The van der Waals surface area contributed by atoms with E-state index in [4.69, 9.17) is 16.3 Å². The van der Waals surface area contributed by atoms with Crippen LogP contribution in [0, 0.1) is 0 Å². The molecule has 0 aliphatic carbocycles. The summed E-state index contributed by atoms with van der Waals surface area (Å²) >= 11 is 6.11. The molecule has 1 aromatic carbocycles. The van der Waals surface area contributed by atoms with Crippen molar-refractivity contribution in [2.24, 2.45) is 4.99 Å². The van der Waals surface area contributed by atoms with E-state index in [1.165, 1.54) is 5.69 Å². The molecule has 2 N–H and O–H groups in total. The molecular formula is C18H29ClIN5O. The van der Waals surface area contributed by atoms with Crippen LogP contribution >= 0.6 is 35.6 Å². The number of nitrogens with one attached hydrogen (secondary N) is 2. The molecule has 2 aliphatic rings. The first-order valence-electron chi connectivity index (χ1n) is 8.92. The van der Waals surface area contributed by atoms with Gasteiger partial charge in [0.1, 0.15) is 0 Å². The molecule has 2 unspecified atom stereocenters. The Bertz CT molecular complexity index is 603. The summed E-state index contributed by atoms with van der Waals surface area (Å²) in [6.07, 6.45) is 1.29. The van der Waals surface area contributed by atoms with Crippen LogP contribution in [0.3, 0.4) is 0 Å². The van der Waals surface area contributed by atoms with Crippen LogP contribution in [-0.2, 0) is 4.74 Å². The van der Waals surface area contributed by atoms with Crippen molar-refractivity contribution < 1.29 is 4.74 Å². The van der Waals surface area contributed by atoms with Crippen LogP contribution in [0.1, 0.15) is 6.42 Å². The van der Waals surface area contributed by atoms with Crippen molar-refractivity contribution in [3.8, 4) is 0 Å². The number of hydrogen-bond acceptors (Lipinski definition) is 4. The second-order valence-electron chi connectivity index (χ2n) is 6.76. The number of morpholine rings is 1. The normalized spacial score (nSPS) is 24.3. The lowest BCUT2D eigenvalue weighted by Gasteiger charge is -2.30. The number of rotatable bonds is 4. The fourth-order valence-electron chi connectivity index (χ4n) is 3.37. The minimum atomic E-state index is 0. The van der Waals surface area contributed by atoms with Crippen molar-refractivity contribution in [1.29, 1.82) is 0 Å². The zero-order valence-electron chi connectivity index (χ0n) is 15.4. The van der Waals surface area contributed by atoms with Crippen molar-refractivity contribution >= 4 is 47.2 Å². The minimum Gasteiger partial charge on any atom is -0.374 e. The van der Waals surface area contributed by atoms with Crippen molar-refractivity contribution in [3.63, 3.8) is 0 Å². The average Bonchev–Trinajstić information content (AvgIpc) is 3.07. The van der Waals surface area contributed by atoms with Crippen LogP contribution in [0.2, 0.25) is 5.02 Å². The van der Waals surface area contributed by atoms with Gasteiger partial charge < -0.3 is 25.2 Å². The fourth-order valence-corrected chi connectivity index (χ4v) is 3.56. The molecule has 2 saturated heterocycles. The number of benzene rings is 1. The highest BCUT2D eigenvalue weighted by atomic mass is 127. The molecule has 1 aromatic rings. The quantitative estimate of drug-likeness (QED) is 0.382. The standard InChI is InChI=1S/C18H28ClN5O.HI/c1-20-18(21-11-17-13-23(2)8-9-25-17)22-15-6-7-24(12-15)16-5-3-4-14(19)10-16;/h3-5,10,15,17H,6-9,11-13H2,1-2H3,(H2,20,21,22);1H. The molecule has 2 atom stereocenters. The van der Waals surface area contributed by atoms with E-state index in [1.54, 1.807) is 0 Å². The summed E-state index contributed by atoms with van der Waals surface area (Å²) in [5, 5.41) is 7.71. The zero-order valence-corrected chi connectivity index (χ0v) is 18.5. The van der Waals surface area contributed by atoms with Crippen LogP contribution in [-0.4, -0.2) is 76.4 Å². The molecule has 0 radical (unpaired) electrons. The molecule has 0 bridgehead atoms. The second kappa shape index (κ2) is 10.5. The molecule has 6 nitrogen and oxygen atoms in total.